The number of rotatable bonds is 7. The molecule has 0 saturated heterocycles. The van der Waals surface area contributed by atoms with Gasteiger partial charge in [-0.25, -0.2) is 4.98 Å². The number of ether oxygens (including phenoxy) is 2. The molecule has 10 heteroatoms. The Labute approximate surface area is 223 Å². The van der Waals surface area contributed by atoms with E-state index in [0.717, 1.165) is 10.2 Å². The second-order valence-corrected chi connectivity index (χ2v) is 9.86. The molecule has 0 aliphatic heterocycles. The van der Waals surface area contributed by atoms with Gasteiger partial charge in [-0.3, -0.25) is 4.79 Å². The van der Waals surface area contributed by atoms with Gasteiger partial charge in [-0.1, -0.05) is 35.3 Å². The van der Waals surface area contributed by atoms with Gasteiger partial charge in [-0.05, 0) is 70.0 Å². The molecule has 0 fully saturated rings. The Morgan fingerprint density at radius 2 is 2.00 bits per heavy atom. The van der Waals surface area contributed by atoms with Crippen LogP contribution in [0.2, 0.25) is 10.0 Å². The lowest BCUT2D eigenvalue weighted by molar-refractivity contribution is -0.118. The first-order chi connectivity index (χ1) is 16.9. The maximum absolute atomic E-state index is 12.4. The van der Waals surface area contributed by atoms with Crippen molar-refractivity contribution in [3.63, 3.8) is 0 Å². The molecule has 0 aliphatic carbocycles. The number of aromatic nitrogens is 1. The van der Waals surface area contributed by atoms with Crippen LogP contribution in [-0.4, -0.2) is 24.6 Å². The Bertz CT molecular complexity index is 1460. The lowest BCUT2D eigenvalue weighted by Gasteiger charge is -2.14. The highest BCUT2D eigenvalue weighted by atomic mass is 79.9. The topological polar surface area (TPSA) is 84.2 Å². The molecule has 0 radical (unpaired) electrons. The Kier molecular flexibility index (Phi) is 7.93. The molecule has 4 rings (SSSR count). The van der Waals surface area contributed by atoms with Crippen molar-refractivity contribution in [2.75, 3.05) is 19.0 Å². The second-order valence-electron chi connectivity index (χ2n) is 7.16. The van der Waals surface area contributed by atoms with Crippen molar-refractivity contribution in [2.24, 2.45) is 0 Å². The molecule has 0 spiro atoms. The lowest BCUT2D eigenvalue weighted by Crippen LogP contribution is -2.20. The maximum Gasteiger partial charge on any atom is 0.262 e. The number of carbonyl (C=O) groups is 1. The maximum atomic E-state index is 12.4. The third-order valence-electron chi connectivity index (χ3n) is 4.76. The molecule has 176 valence electrons. The molecule has 4 aromatic rings. The fourth-order valence-corrected chi connectivity index (χ4v) is 4.97. The van der Waals surface area contributed by atoms with Crippen LogP contribution in [0.4, 0.5) is 5.69 Å². The van der Waals surface area contributed by atoms with Gasteiger partial charge in [0.1, 0.15) is 11.1 Å². The summed E-state index contributed by atoms with van der Waals surface area (Å²) < 4.78 is 12.8. The third-order valence-corrected chi connectivity index (χ3v) is 7.16. The number of hydrogen-bond acceptors (Lipinski definition) is 6. The number of thiazole rings is 1. The van der Waals surface area contributed by atoms with Crippen LogP contribution in [0, 0.1) is 11.3 Å². The van der Waals surface area contributed by atoms with E-state index in [1.807, 2.05) is 24.3 Å². The van der Waals surface area contributed by atoms with E-state index in [0.29, 0.717) is 47.8 Å². The first-order valence-corrected chi connectivity index (χ1v) is 12.5. The molecule has 0 unspecified atom stereocenters. The zero-order chi connectivity index (χ0) is 24.9. The van der Waals surface area contributed by atoms with Crippen LogP contribution in [0.15, 0.2) is 59.1 Å². The minimum absolute atomic E-state index is 0.264. The van der Waals surface area contributed by atoms with Gasteiger partial charge < -0.3 is 14.8 Å². The van der Waals surface area contributed by atoms with Crippen LogP contribution in [-0.2, 0) is 4.79 Å². The fourth-order valence-electron chi connectivity index (χ4n) is 3.17. The number of hydrogen-bond donors (Lipinski definition) is 1. The number of amides is 1. The quantitative estimate of drug-likeness (QED) is 0.227. The zero-order valence-electron chi connectivity index (χ0n) is 18.1. The highest BCUT2D eigenvalue weighted by molar-refractivity contribution is 9.10. The molecule has 0 atom stereocenters. The fraction of sp³-hybridized carbons (Fsp3) is 0.0800. The van der Waals surface area contributed by atoms with E-state index >= 15 is 0 Å². The van der Waals surface area contributed by atoms with Crippen molar-refractivity contribution in [2.45, 2.75) is 0 Å². The summed E-state index contributed by atoms with van der Waals surface area (Å²) in [6, 6.07) is 18.2. The lowest BCUT2D eigenvalue weighted by atomic mass is 10.1. The van der Waals surface area contributed by atoms with Crippen LogP contribution in [0.25, 0.3) is 21.9 Å². The van der Waals surface area contributed by atoms with E-state index in [1.165, 1.54) is 18.4 Å². The van der Waals surface area contributed by atoms with Gasteiger partial charge in [0, 0.05) is 5.69 Å². The van der Waals surface area contributed by atoms with Crippen LogP contribution in [0.3, 0.4) is 0 Å². The van der Waals surface area contributed by atoms with Crippen molar-refractivity contribution in [1.82, 2.24) is 4.98 Å². The number of halogens is 3. The SMILES string of the molecule is COc1cc(/C=C(\C#N)c2nc3ccccc3s2)cc(Br)c1OCC(=O)Nc1ccc(Cl)c(Cl)c1. The summed E-state index contributed by atoms with van der Waals surface area (Å²) in [5.41, 5.74) is 2.47. The monoisotopic (exact) mass is 587 g/mol. The molecule has 1 aromatic heterocycles. The summed E-state index contributed by atoms with van der Waals surface area (Å²) in [5, 5.41) is 13.8. The first kappa shape index (κ1) is 25.0. The van der Waals surface area contributed by atoms with Crippen LogP contribution in [0.5, 0.6) is 11.5 Å². The van der Waals surface area contributed by atoms with Gasteiger partial charge in [0.25, 0.3) is 5.91 Å². The molecular formula is C25H16BrCl2N3O3S. The molecule has 35 heavy (non-hydrogen) atoms. The second kappa shape index (κ2) is 11.1. The molecule has 0 aliphatic rings. The van der Waals surface area contributed by atoms with E-state index in [4.69, 9.17) is 32.7 Å². The largest absolute Gasteiger partial charge is 0.493 e. The Balaban J connectivity index is 1.52. The molecule has 0 saturated carbocycles. The standard InChI is InChI=1S/C25H16BrCl2N3O3S/c1-33-21-10-14(8-15(12-29)25-31-20-4-2-3-5-22(20)35-25)9-17(26)24(21)34-13-23(32)30-16-6-7-18(27)19(28)11-16/h2-11H,13H2,1H3,(H,30,32)/b15-8+. The molecule has 0 bridgehead atoms. The number of nitriles is 1. The summed E-state index contributed by atoms with van der Waals surface area (Å²) >= 11 is 16.8. The Morgan fingerprint density at radius 3 is 2.71 bits per heavy atom. The van der Waals surface area contributed by atoms with Gasteiger partial charge in [-0.2, -0.15) is 5.26 Å². The number of anilines is 1. The van der Waals surface area contributed by atoms with Crippen LogP contribution in [0.1, 0.15) is 10.6 Å². The predicted octanol–water partition coefficient (Wildman–Crippen LogP) is 7.46. The van der Waals surface area contributed by atoms with Crippen molar-refractivity contribution in [3.05, 3.63) is 79.7 Å². The molecule has 6 nitrogen and oxygen atoms in total. The summed E-state index contributed by atoms with van der Waals surface area (Å²) in [5.74, 6) is 0.367. The number of nitrogens with zero attached hydrogens (tertiary/aromatic N) is 2. The Hall–Kier alpha value is -3.09. The van der Waals surface area contributed by atoms with Gasteiger partial charge >= 0.3 is 0 Å². The number of para-hydroxylation sites is 1. The minimum atomic E-state index is -0.385. The summed E-state index contributed by atoms with van der Waals surface area (Å²) in [6.07, 6.45) is 1.73. The van der Waals surface area contributed by atoms with Gasteiger partial charge in [0.15, 0.2) is 18.1 Å². The van der Waals surface area contributed by atoms with Gasteiger partial charge in [-0.15, -0.1) is 11.3 Å². The van der Waals surface area contributed by atoms with E-state index in [2.05, 4.69) is 32.3 Å². The zero-order valence-corrected chi connectivity index (χ0v) is 22.1. The number of methoxy groups -OCH3 is 1. The number of benzene rings is 3. The number of nitrogens with one attached hydrogen (secondary N) is 1. The average Bonchev–Trinajstić information content (AvgIpc) is 3.28. The molecule has 1 N–H and O–H groups in total. The van der Waals surface area contributed by atoms with Crippen molar-refractivity contribution in [1.29, 1.82) is 5.26 Å². The minimum Gasteiger partial charge on any atom is -0.493 e. The van der Waals surface area contributed by atoms with E-state index < -0.39 is 0 Å². The van der Waals surface area contributed by atoms with Crippen molar-refractivity contribution < 1.29 is 14.3 Å². The third kappa shape index (κ3) is 5.95. The highest BCUT2D eigenvalue weighted by Crippen LogP contribution is 2.38. The number of carbonyl (C=O) groups excluding carboxylic acids is 1. The predicted molar refractivity (Wildman–Crippen MR) is 144 cm³/mol. The Morgan fingerprint density at radius 1 is 1.20 bits per heavy atom. The van der Waals surface area contributed by atoms with Gasteiger partial charge in [0.2, 0.25) is 0 Å². The summed E-state index contributed by atoms with van der Waals surface area (Å²) in [6.45, 7) is -0.264. The number of fused-ring (bicyclic) bond motifs is 1. The van der Waals surface area contributed by atoms with E-state index in [9.17, 15) is 10.1 Å². The smallest absolute Gasteiger partial charge is 0.262 e. The van der Waals surface area contributed by atoms with E-state index in [-0.39, 0.29) is 12.5 Å². The molecular weight excluding hydrogens is 573 g/mol. The van der Waals surface area contributed by atoms with Crippen LogP contribution < -0.4 is 14.8 Å². The molecule has 3 aromatic carbocycles. The van der Waals surface area contributed by atoms with Crippen LogP contribution >= 0.6 is 50.5 Å². The summed E-state index contributed by atoms with van der Waals surface area (Å²) in [4.78, 5) is 16.9. The first-order valence-electron chi connectivity index (χ1n) is 10.1. The summed E-state index contributed by atoms with van der Waals surface area (Å²) in [7, 11) is 1.50. The normalized spacial score (nSPS) is 11.2. The van der Waals surface area contributed by atoms with Gasteiger partial charge in [0.05, 0.1) is 37.4 Å². The van der Waals surface area contributed by atoms with Crippen molar-refractivity contribution in [3.8, 4) is 17.6 Å². The average molecular weight is 589 g/mol. The molecule has 1 amide bonds. The number of allylic oxidation sites excluding steroid dienone is 1. The highest BCUT2D eigenvalue weighted by Gasteiger charge is 2.15. The van der Waals surface area contributed by atoms with E-state index in [1.54, 1.807) is 36.4 Å². The van der Waals surface area contributed by atoms with Crippen molar-refractivity contribution >= 4 is 83.9 Å². The molecule has 1 heterocycles.